The fourth-order valence-corrected chi connectivity index (χ4v) is 5.26. The Morgan fingerprint density at radius 1 is 0.964 bits per heavy atom. The van der Waals surface area contributed by atoms with Crippen LogP contribution in [0.3, 0.4) is 0 Å². The van der Waals surface area contributed by atoms with Crippen molar-refractivity contribution in [3.05, 3.63) is 0 Å². The standard InChI is InChI=1S/C18H29N7O2S/c26-16(23-7-3-4-8-23)13-22-9-11-24(12-10-22)17(27)14-28-18-19-20-21-25(18)15-5-1-2-6-15/h15H,1-14H2/p+1. The lowest BCUT2D eigenvalue weighted by atomic mass is 10.3. The van der Waals surface area contributed by atoms with E-state index < -0.39 is 0 Å². The number of nitrogens with one attached hydrogen (secondary N) is 1. The number of carbonyl (C=O) groups is 2. The van der Waals surface area contributed by atoms with Crippen LogP contribution in [-0.4, -0.2) is 93.4 Å². The lowest BCUT2D eigenvalue weighted by Crippen LogP contribution is -3.15. The van der Waals surface area contributed by atoms with Gasteiger partial charge in [-0.3, -0.25) is 9.59 Å². The third kappa shape index (κ3) is 4.65. The number of carbonyl (C=O) groups excluding carboxylic acids is 2. The highest BCUT2D eigenvalue weighted by Gasteiger charge is 2.28. The molecule has 154 valence electrons. The first-order valence-corrected chi connectivity index (χ1v) is 11.5. The summed E-state index contributed by atoms with van der Waals surface area (Å²) >= 11 is 1.44. The van der Waals surface area contributed by atoms with Crippen LogP contribution in [-0.2, 0) is 9.59 Å². The lowest BCUT2D eigenvalue weighted by molar-refractivity contribution is -0.896. The first-order valence-electron chi connectivity index (χ1n) is 10.5. The molecule has 0 radical (unpaired) electrons. The number of amides is 2. The third-order valence-corrected chi connectivity index (χ3v) is 7.06. The molecule has 28 heavy (non-hydrogen) atoms. The molecular weight excluding hydrogens is 378 g/mol. The highest BCUT2D eigenvalue weighted by molar-refractivity contribution is 7.99. The van der Waals surface area contributed by atoms with Crippen LogP contribution in [0.15, 0.2) is 5.16 Å². The molecular formula is C18H30N7O2S+. The van der Waals surface area contributed by atoms with E-state index in [1.807, 2.05) is 14.5 Å². The van der Waals surface area contributed by atoms with Gasteiger partial charge in [-0.15, -0.1) is 5.10 Å². The van der Waals surface area contributed by atoms with Crippen LogP contribution in [0.5, 0.6) is 0 Å². The zero-order chi connectivity index (χ0) is 19.3. The van der Waals surface area contributed by atoms with Crippen LogP contribution < -0.4 is 4.90 Å². The van der Waals surface area contributed by atoms with Gasteiger partial charge in [0.15, 0.2) is 6.54 Å². The van der Waals surface area contributed by atoms with E-state index in [1.54, 1.807) is 0 Å². The second-order valence-electron chi connectivity index (χ2n) is 8.03. The van der Waals surface area contributed by atoms with Crippen molar-refractivity contribution < 1.29 is 14.5 Å². The van der Waals surface area contributed by atoms with E-state index in [0.717, 1.165) is 70.1 Å². The van der Waals surface area contributed by atoms with Gasteiger partial charge in [-0.25, -0.2) is 4.68 Å². The van der Waals surface area contributed by atoms with Crippen LogP contribution in [0.4, 0.5) is 0 Å². The van der Waals surface area contributed by atoms with Gasteiger partial charge in [0.25, 0.3) is 5.91 Å². The van der Waals surface area contributed by atoms with Gasteiger partial charge < -0.3 is 14.7 Å². The summed E-state index contributed by atoms with van der Waals surface area (Å²) in [6.45, 7) is 5.51. The molecule has 1 N–H and O–H groups in total. The molecule has 3 aliphatic rings. The van der Waals surface area contributed by atoms with Gasteiger partial charge >= 0.3 is 0 Å². The average Bonchev–Trinajstić information content (AvgIpc) is 3.48. The molecule has 3 fully saturated rings. The zero-order valence-corrected chi connectivity index (χ0v) is 17.2. The van der Waals surface area contributed by atoms with E-state index >= 15 is 0 Å². The SMILES string of the molecule is O=C(CSc1nnnn1C1CCCC1)N1CC[NH+](CC(=O)N2CCCC2)CC1. The number of rotatable bonds is 6. The summed E-state index contributed by atoms with van der Waals surface area (Å²) in [7, 11) is 0. The van der Waals surface area contributed by atoms with Crippen molar-refractivity contribution in [2.75, 3.05) is 51.6 Å². The number of nitrogens with zero attached hydrogens (tertiary/aromatic N) is 6. The first kappa shape index (κ1) is 19.6. The maximum Gasteiger partial charge on any atom is 0.277 e. The van der Waals surface area contributed by atoms with Crippen molar-refractivity contribution in [2.45, 2.75) is 49.7 Å². The number of tetrazole rings is 1. The normalized spacial score (nSPS) is 21.6. The van der Waals surface area contributed by atoms with E-state index in [-0.39, 0.29) is 11.8 Å². The molecule has 0 bridgehead atoms. The van der Waals surface area contributed by atoms with E-state index in [9.17, 15) is 9.59 Å². The predicted octanol–water partition coefficient (Wildman–Crippen LogP) is -0.770. The van der Waals surface area contributed by atoms with E-state index in [1.165, 1.54) is 29.5 Å². The molecule has 9 nitrogen and oxygen atoms in total. The molecule has 2 amide bonds. The van der Waals surface area contributed by atoms with Crippen LogP contribution in [0.1, 0.15) is 44.6 Å². The van der Waals surface area contributed by atoms with Gasteiger partial charge in [0.05, 0.1) is 38.0 Å². The minimum Gasteiger partial charge on any atom is -0.338 e. The maximum absolute atomic E-state index is 12.6. The highest BCUT2D eigenvalue weighted by atomic mass is 32.2. The Bertz CT molecular complexity index is 677. The molecule has 1 saturated carbocycles. The molecule has 4 rings (SSSR count). The second kappa shape index (κ2) is 9.21. The molecule has 0 aromatic carbocycles. The summed E-state index contributed by atoms with van der Waals surface area (Å²) in [6.07, 6.45) is 6.94. The molecule has 0 spiro atoms. The summed E-state index contributed by atoms with van der Waals surface area (Å²) in [5, 5.41) is 12.8. The van der Waals surface area contributed by atoms with Crippen molar-refractivity contribution in [1.29, 1.82) is 0 Å². The predicted molar refractivity (Wildman–Crippen MR) is 104 cm³/mol. The van der Waals surface area contributed by atoms with Crippen molar-refractivity contribution in [1.82, 2.24) is 30.0 Å². The second-order valence-corrected chi connectivity index (χ2v) is 8.97. The van der Waals surface area contributed by atoms with E-state index in [0.29, 0.717) is 18.3 Å². The molecule has 1 aromatic rings. The minimum absolute atomic E-state index is 0.135. The molecule has 1 aliphatic carbocycles. The smallest absolute Gasteiger partial charge is 0.277 e. The summed E-state index contributed by atoms with van der Waals surface area (Å²) in [4.78, 5) is 30.1. The van der Waals surface area contributed by atoms with E-state index in [2.05, 4.69) is 15.5 Å². The zero-order valence-electron chi connectivity index (χ0n) is 16.4. The van der Waals surface area contributed by atoms with E-state index in [4.69, 9.17) is 0 Å². The Morgan fingerprint density at radius 3 is 2.36 bits per heavy atom. The quantitative estimate of drug-likeness (QED) is 0.622. The Morgan fingerprint density at radius 2 is 1.64 bits per heavy atom. The molecule has 0 unspecified atom stereocenters. The van der Waals surface area contributed by atoms with Gasteiger partial charge in [0.2, 0.25) is 11.1 Å². The number of piperazine rings is 1. The van der Waals surface area contributed by atoms with Crippen LogP contribution in [0.2, 0.25) is 0 Å². The summed E-state index contributed by atoms with van der Waals surface area (Å²) in [5.41, 5.74) is 0. The summed E-state index contributed by atoms with van der Waals surface area (Å²) in [6, 6.07) is 0.382. The fraction of sp³-hybridized carbons (Fsp3) is 0.833. The Balaban J connectivity index is 1.20. The van der Waals surface area contributed by atoms with Crippen LogP contribution in [0, 0.1) is 0 Å². The molecule has 3 heterocycles. The number of thioether (sulfide) groups is 1. The van der Waals surface area contributed by atoms with Crippen molar-refractivity contribution >= 4 is 23.6 Å². The highest BCUT2D eigenvalue weighted by Crippen LogP contribution is 2.31. The average molecular weight is 409 g/mol. The van der Waals surface area contributed by atoms with Gasteiger partial charge in [0, 0.05) is 13.1 Å². The van der Waals surface area contributed by atoms with Gasteiger partial charge in [-0.2, -0.15) is 0 Å². The number of aromatic nitrogens is 4. The Kier molecular flexibility index (Phi) is 6.46. The third-order valence-electron chi connectivity index (χ3n) is 6.14. The Labute approximate surface area is 169 Å². The number of hydrogen-bond donors (Lipinski definition) is 1. The minimum atomic E-state index is 0.135. The molecule has 10 heteroatoms. The fourth-order valence-electron chi connectivity index (χ4n) is 4.42. The van der Waals surface area contributed by atoms with Gasteiger partial charge in [0.1, 0.15) is 0 Å². The molecule has 1 aromatic heterocycles. The topological polar surface area (TPSA) is 88.7 Å². The molecule has 2 aliphatic heterocycles. The Hall–Kier alpha value is -1.68. The van der Waals surface area contributed by atoms with Crippen molar-refractivity contribution in [3.8, 4) is 0 Å². The van der Waals surface area contributed by atoms with Gasteiger partial charge in [-0.05, 0) is 36.1 Å². The number of quaternary nitrogens is 1. The summed E-state index contributed by atoms with van der Waals surface area (Å²) < 4.78 is 1.90. The number of hydrogen-bond acceptors (Lipinski definition) is 6. The van der Waals surface area contributed by atoms with Crippen molar-refractivity contribution in [2.24, 2.45) is 0 Å². The van der Waals surface area contributed by atoms with Crippen LogP contribution in [0.25, 0.3) is 0 Å². The monoisotopic (exact) mass is 408 g/mol. The maximum atomic E-state index is 12.6. The molecule has 0 atom stereocenters. The molecule has 2 saturated heterocycles. The number of likely N-dealkylation sites (tertiary alicyclic amines) is 1. The van der Waals surface area contributed by atoms with Crippen molar-refractivity contribution in [3.63, 3.8) is 0 Å². The first-order chi connectivity index (χ1) is 13.7. The van der Waals surface area contributed by atoms with Gasteiger partial charge in [-0.1, -0.05) is 24.6 Å². The largest absolute Gasteiger partial charge is 0.338 e. The summed E-state index contributed by atoms with van der Waals surface area (Å²) in [5.74, 6) is 0.771. The lowest BCUT2D eigenvalue weighted by Gasteiger charge is -2.32. The van der Waals surface area contributed by atoms with Crippen LogP contribution >= 0.6 is 11.8 Å².